The number of hydrogen-bond acceptors (Lipinski definition) is 3. The van der Waals surface area contributed by atoms with Crippen LogP contribution in [0.1, 0.15) is 22.5 Å². The molecule has 0 bridgehead atoms. The fourth-order valence-electron chi connectivity index (χ4n) is 2.67. The van der Waals surface area contributed by atoms with E-state index in [2.05, 4.69) is 5.16 Å². The summed E-state index contributed by atoms with van der Waals surface area (Å²) < 4.78 is 31.8. The van der Waals surface area contributed by atoms with Crippen molar-refractivity contribution < 1.29 is 18.1 Å². The summed E-state index contributed by atoms with van der Waals surface area (Å²) in [5, 5.41) is 4.05. The topological polar surface area (TPSA) is 46.3 Å². The first kappa shape index (κ1) is 17.8. The first-order valence-corrected chi connectivity index (χ1v) is 8.25. The molecule has 0 saturated carbocycles. The van der Waals surface area contributed by atoms with Crippen LogP contribution in [0.25, 0.3) is 11.3 Å². The number of halogens is 2. The summed E-state index contributed by atoms with van der Waals surface area (Å²) >= 11 is 0. The number of rotatable bonds is 6. The number of aromatic nitrogens is 1. The van der Waals surface area contributed by atoms with E-state index < -0.39 is 17.5 Å². The normalized spacial score (nSPS) is 10.7. The highest BCUT2D eigenvalue weighted by molar-refractivity contribution is 5.94. The van der Waals surface area contributed by atoms with Crippen molar-refractivity contribution in [3.8, 4) is 11.3 Å². The summed E-state index contributed by atoms with van der Waals surface area (Å²) in [6, 6.07) is 14.4. The molecule has 1 amide bonds. The van der Waals surface area contributed by atoms with E-state index in [1.165, 1.54) is 4.90 Å². The molecule has 0 unspecified atom stereocenters. The van der Waals surface area contributed by atoms with Gasteiger partial charge in [-0.15, -0.1) is 0 Å². The molecule has 0 saturated heterocycles. The second-order valence-electron chi connectivity index (χ2n) is 6.03. The Bertz CT molecular complexity index is 874. The lowest BCUT2D eigenvalue weighted by Crippen LogP contribution is -2.28. The Kier molecular flexibility index (Phi) is 5.41. The highest BCUT2D eigenvalue weighted by Gasteiger charge is 2.14. The molecular weight excluding hydrogens is 338 g/mol. The van der Waals surface area contributed by atoms with Crippen LogP contribution >= 0.6 is 0 Å². The van der Waals surface area contributed by atoms with E-state index in [1.54, 1.807) is 7.05 Å². The minimum Gasteiger partial charge on any atom is -0.361 e. The van der Waals surface area contributed by atoms with Crippen LogP contribution in [0.5, 0.6) is 0 Å². The van der Waals surface area contributed by atoms with Gasteiger partial charge in [0.25, 0.3) is 5.91 Å². The van der Waals surface area contributed by atoms with Gasteiger partial charge < -0.3 is 9.42 Å². The lowest BCUT2D eigenvalue weighted by atomic mass is 10.1. The zero-order valence-electron chi connectivity index (χ0n) is 14.3. The van der Waals surface area contributed by atoms with Crippen molar-refractivity contribution in [1.82, 2.24) is 10.1 Å². The third kappa shape index (κ3) is 4.33. The summed E-state index contributed by atoms with van der Waals surface area (Å²) in [4.78, 5) is 13.7. The van der Waals surface area contributed by atoms with Crippen molar-refractivity contribution in [2.45, 2.75) is 12.8 Å². The van der Waals surface area contributed by atoms with E-state index in [9.17, 15) is 13.6 Å². The molecule has 0 aliphatic carbocycles. The number of carbonyl (C=O) groups excluding carboxylic acids is 1. The highest BCUT2D eigenvalue weighted by atomic mass is 19.1. The molecule has 0 radical (unpaired) electrons. The van der Waals surface area contributed by atoms with Crippen LogP contribution in [-0.4, -0.2) is 29.6 Å². The van der Waals surface area contributed by atoms with E-state index in [0.29, 0.717) is 19.4 Å². The SMILES string of the molecule is CN(CCCc1cc(-c2ccccc2)no1)C(=O)c1cc(F)cc(F)c1. The Labute approximate surface area is 150 Å². The van der Waals surface area contributed by atoms with Gasteiger partial charge in [-0.2, -0.15) is 0 Å². The molecule has 3 rings (SSSR count). The van der Waals surface area contributed by atoms with Gasteiger partial charge in [0.15, 0.2) is 0 Å². The molecule has 1 aromatic heterocycles. The maximum atomic E-state index is 13.2. The van der Waals surface area contributed by atoms with Crippen LogP contribution in [0.2, 0.25) is 0 Å². The van der Waals surface area contributed by atoms with Crippen LogP contribution < -0.4 is 0 Å². The van der Waals surface area contributed by atoms with Gasteiger partial charge in [-0.3, -0.25) is 4.79 Å². The van der Waals surface area contributed by atoms with Crippen molar-refractivity contribution in [1.29, 1.82) is 0 Å². The Morgan fingerprint density at radius 3 is 2.46 bits per heavy atom. The summed E-state index contributed by atoms with van der Waals surface area (Å²) in [7, 11) is 1.60. The molecule has 3 aromatic rings. The molecule has 134 valence electrons. The third-order valence-corrected chi connectivity index (χ3v) is 4.00. The number of hydrogen-bond donors (Lipinski definition) is 0. The maximum Gasteiger partial charge on any atom is 0.253 e. The lowest BCUT2D eigenvalue weighted by molar-refractivity contribution is 0.0791. The van der Waals surface area contributed by atoms with Gasteiger partial charge in [-0.25, -0.2) is 8.78 Å². The summed E-state index contributed by atoms with van der Waals surface area (Å²) in [6.07, 6.45) is 1.25. The Balaban J connectivity index is 1.54. The van der Waals surface area contributed by atoms with E-state index in [0.717, 1.165) is 35.2 Å². The average molecular weight is 356 g/mol. The molecule has 0 fully saturated rings. The van der Waals surface area contributed by atoms with Crippen molar-refractivity contribution in [3.63, 3.8) is 0 Å². The zero-order valence-corrected chi connectivity index (χ0v) is 14.3. The summed E-state index contributed by atoms with van der Waals surface area (Å²) in [5.41, 5.74) is 1.74. The molecule has 0 aliphatic rings. The van der Waals surface area contributed by atoms with Crippen molar-refractivity contribution in [2.75, 3.05) is 13.6 Å². The third-order valence-electron chi connectivity index (χ3n) is 4.00. The van der Waals surface area contributed by atoms with Crippen LogP contribution in [0.4, 0.5) is 8.78 Å². The van der Waals surface area contributed by atoms with Crippen LogP contribution in [0, 0.1) is 11.6 Å². The van der Waals surface area contributed by atoms with E-state index >= 15 is 0 Å². The van der Waals surface area contributed by atoms with E-state index in [1.807, 2.05) is 36.4 Å². The molecule has 4 nitrogen and oxygen atoms in total. The molecule has 0 N–H and O–H groups in total. The van der Waals surface area contributed by atoms with Crippen molar-refractivity contribution in [2.24, 2.45) is 0 Å². The second kappa shape index (κ2) is 7.91. The minimum absolute atomic E-state index is 0.00368. The minimum atomic E-state index is -0.767. The molecule has 2 aromatic carbocycles. The van der Waals surface area contributed by atoms with Gasteiger partial charge in [0, 0.05) is 43.3 Å². The molecular formula is C20H18F2N2O2. The number of nitrogens with zero attached hydrogens (tertiary/aromatic N) is 2. The van der Waals surface area contributed by atoms with Crippen molar-refractivity contribution in [3.05, 3.63) is 77.6 Å². The Hall–Kier alpha value is -3.02. The van der Waals surface area contributed by atoms with Gasteiger partial charge in [0.1, 0.15) is 23.1 Å². The lowest BCUT2D eigenvalue weighted by Gasteiger charge is -2.16. The number of amides is 1. The second-order valence-corrected chi connectivity index (χ2v) is 6.03. The van der Waals surface area contributed by atoms with E-state index in [4.69, 9.17) is 4.52 Å². The number of benzene rings is 2. The molecule has 6 heteroatoms. The maximum absolute atomic E-state index is 13.2. The monoisotopic (exact) mass is 356 g/mol. The fourth-order valence-corrected chi connectivity index (χ4v) is 2.67. The largest absolute Gasteiger partial charge is 0.361 e. The summed E-state index contributed by atoms with van der Waals surface area (Å²) in [6.45, 7) is 0.429. The van der Waals surface area contributed by atoms with Crippen LogP contribution in [-0.2, 0) is 6.42 Å². The Morgan fingerprint density at radius 1 is 1.08 bits per heavy atom. The highest BCUT2D eigenvalue weighted by Crippen LogP contribution is 2.19. The molecule has 26 heavy (non-hydrogen) atoms. The number of carbonyl (C=O) groups is 1. The van der Waals surface area contributed by atoms with Crippen molar-refractivity contribution >= 4 is 5.91 Å². The zero-order chi connectivity index (χ0) is 18.5. The van der Waals surface area contributed by atoms with Crippen LogP contribution in [0.15, 0.2) is 59.1 Å². The van der Waals surface area contributed by atoms with E-state index in [-0.39, 0.29) is 5.56 Å². The average Bonchev–Trinajstić information content (AvgIpc) is 3.10. The first-order chi connectivity index (χ1) is 12.5. The van der Waals surface area contributed by atoms with Gasteiger partial charge in [-0.1, -0.05) is 35.5 Å². The predicted octanol–water partition coefficient (Wildman–Crippen LogP) is 4.32. The summed E-state index contributed by atoms with van der Waals surface area (Å²) in [5.74, 6) is -1.24. The molecule has 0 aliphatic heterocycles. The number of aryl methyl sites for hydroxylation is 1. The smallest absolute Gasteiger partial charge is 0.253 e. The Morgan fingerprint density at radius 2 is 1.77 bits per heavy atom. The van der Waals surface area contributed by atoms with Gasteiger partial charge in [0.2, 0.25) is 0 Å². The standard InChI is InChI=1S/C20H18F2N2O2/c1-24(20(25)15-10-16(21)12-17(22)11-15)9-5-8-18-13-19(23-26-18)14-6-3-2-4-7-14/h2-4,6-7,10-13H,5,8-9H2,1H3. The quantitative estimate of drug-likeness (QED) is 0.661. The molecule has 0 atom stereocenters. The van der Waals surface area contributed by atoms with Crippen LogP contribution in [0.3, 0.4) is 0 Å². The first-order valence-electron chi connectivity index (χ1n) is 8.25. The van der Waals surface area contributed by atoms with Gasteiger partial charge in [0.05, 0.1) is 0 Å². The van der Waals surface area contributed by atoms with Gasteiger partial charge in [-0.05, 0) is 18.6 Å². The van der Waals surface area contributed by atoms with Gasteiger partial charge >= 0.3 is 0 Å². The molecule has 0 spiro atoms. The fraction of sp³-hybridized carbons (Fsp3) is 0.200. The molecule has 1 heterocycles. The predicted molar refractivity (Wildman–Crippen MR) is 93.6 cm³/mol.